The zero-order valence-electron chi connectivity index (χ0n) is 16.6. The number of amides is 4. The minimum absolute atomic E-state index is 0.0332. The van der Waals surface area contributed by atoms with Crippen molar-refractivity contribution in [2.45, 2.75) is 13.0 Å². The Kier molecular flexibility index (Phi) is 5.96. The van der Waals surface area contributed by atoms with Crippen LogP contribution in [0.4, 0.5) is 5.69 Å². The van der Waals surface area contributed by atoms with Crippen LogP contribution in [0.2, 0.25) is 0 Å². The molecule has 0 aliphatic carbocycles. The van der Waals surface area contributed by atoms with E-state index in [1.54, 1.807) is 0 Å². The number of carbonyl (C=O) groups excluding carboxylic acids is 5. The van der Waals surface area contributed by atoms with Crippen LogP contribution < -0.4 is 11.1 Å². The van der Waals surface area contributed by atoms with Crippen molar-refractivity contribution >= 4 is 35.3 Å². The second-order valence-electron chi connectivity index (χ2n) is 6.75. The molecule has 0 spiro atoms. The third-order valence-corrected chi connectivity index (χ3v) is 4.61. The monoisotopic (exact) mass is 421 g/mol. The van der Waals surface area contributed by atoms with Crippen LogP contribution in [0, 0.1) is 0 Å². The van der Waals surface area contributed by atoms with Crippen molar-refractivity contribution in [3.63, 3.8) is 0 Å². The van der Waals surface area contributed by atoms with Gasteiger partial charge in [0, 0.05) is 17.8 Å². The molecule has 1 heterocycles. The summed E-state index contributed by atoms with van der Waals surface area (Å²) in [5.41, 5.74) is 6.15. The molecule has 1 aliphatic rings. The van der Waals surface area contributed by atoms with E-state index in [1.165, 1.54) is 55.5 Å². The van der Waals surface area contributed by atoms with Crippen molar-refractivity contribution in [1.82, 2.24) is 4.90 Å². The lowest BCUT2D eigenvalue weighted by Gasteiger charge is -2.14. The molecule has 1 aliphatic heterocycles. The first-order chi connectivity index (χ1) is 14.7. The van der Waals surface area contributed by atoms with E-state index in [1.807, 2.05) is 0 Å². The van der Waals surface area contributed by atoms with Gasteiger partial charge in [-0.2, -0.15) is 0 Å². The van der Waals surface area contributed by atoms with Crippen LogP contribution in [0.15, 0.2) is 55.1 Å². The molecule has 2 aromatic rings. The van der Waals surface area contributed by atoms with Crippen molar-refractivity contribution in [1.29, 1.82) is 0 Å². The number of fused-ring (bicyclic) bond motifs is 1. The number of rotatable bonds is 7. The Hall–Kier alpha value is -4.27. The number of carbonyl (C=O) groups is 5. The van der Waals surface area contributed by atoms with Gasteiger partial charge in [0.1, 0.15) is 0 Å². The lowest BCUT2D eigenvalue weighted by Crippen LogP contribution is -2.30. The van der Waals surface area contributed by atoms with Gasteiger partial charge >= 0.3 is 5.97 Å². The molecule has 3 N–H and O–H groups in total. The molecule has 2 aromatic carbocycles. The Balaban J connectivity index is 1.67. The van der Waals surface area contributed by atoms with Crippen LogP contribution in [-0.2, 0) is 9.53 Å². The summed E-state index contributed by atoms with van der Waals surface area (Å²) >= 11 is 0. The second-order valence-corrected chi connectivity index (χ2v) is 6.75. The SMILES string of the molecule is C=CCN1C(=O)c2ccc(C(=O)O[C@@H](C)C(=O)Nc3ccc(C(N)=O)cc3)cc2C1=O. The first-order valence-electron chi connectivity index (χ1n) is 9.25. The molecule has 0 saturated heterocycles. The summed E-state index contributed by atoms with van der Waals surface area (Å²) in [7, 11) is 0. The van der Waals surface area contributed by atoms with Gasteiger partial charge in [0.25, 0.3) is 17.7 Å². The van der Waals surface area contributed by atoms with E-state index in [0.717, 1.165) is 4.90 Å². The fourth-order valence-corrected chi connectivity index (χ4v) is 2.96. The molecule has 0 bridgehead atoms. The molecule has 0 unspecified atom stereocenters. The summed E-state index contributed by atoms with van der Waals surface area (Å²) in [4.78, 5) is 61.5. The third-order valence-electron chi connectivity index (χ3n) is 4.61. The molecule has 4 amide bonds. The second kappa shape index (κ2) is 8.62. The van der Waals surface area contributed by atoms with E-state index >= 15 is 0 Å². The van der Waals surface area contributed by atoms with E-state index < -0.39 is 35.7 Å². The molecule has 9 nitrogen and oxygen atoms in total. The Morgan fingerprint density at radius 3 is 2.29 bits per heavy atom. The van der Waals surface area contributed by atoms with Gasteiger partial charge in [0.05, 0.1) is 16.7 Å². The zero-order valence-corrected chi connectivity index (χ0v) is 16.6. The highest BCUT2D eigenvalue weighted by molar-refractivity contribution is 6.22. The van der Waals surface area contributed by atoms with Gasteiger partial charge in [-0.15, -0.1) is 6.58 Å². The molecule has 158 valence electrons. The first kappa shape index (κ1) is 21.4. The van der Waals surface area contributed by atoms with Crippen molar-refractivity contribution in [2.24, 2.45) is 5.73 Å². The molecule has 0 fully saturated rings. The lowest BCUT2D eigenvalue weighted by atomic mass is 10.1. The molecule has 0 saturated carbocycles. The summed E-state index contributed by atoms with van der Waals surface area (Å²) in [6, 6.07) is 9.89. The number of nitrogens with two attached hydrogens (primary N) is 1. The maximum atomic E-state index is 12.4. The molecular formula is C22H19N3O6. The number of hydrogen-bond donors (Lipinski definition) is 2. The molecule has 0 aromatic heterocycles. The standard InChI is InChI=1S/C22H19N3O6/c1-3-10-25-20(28)16-9-6-14(11-17(16)21(25)29)22(30)31-12(2)19(27)24-15-7-4-13(5-8-15)18(23)26/h3-9,11-12H,1,10H2,2H3,(H2,23,26)(H,24,27)/t12-/m0/s1. The van der Waals surface area contributed by atoms with Crippen molar-refractivity contribution in [3.05, 3.63) is 77.4 Å². The number of benzene rings is 2. The predicted molar refractivity (Wildman–Crippen MR) is 110 cm³/mol. The fraction of sp³-hybridized carbons (Fsp3) is 0.136. The Bertz CT molecular complexity index is 1110. The number of nitrogens with one attached hydrogen (secondary N) is 1. The van der Waals surface area contributed by atoms with Gasteiger partial charge in [-0.1, -0.05) is 6.08 Å². The van der Waals surface area contributed by atoms with E-state index in [0.29, 0.717) is 5.69 Å². The minimum atomic E-state index is -1.15. The molecule has 9 heteroatoms. The normalized spacial score (nSPS) is 13.4. The van der Waals surface area contributed by atoms with Crippen LogP contribution in [0.5, 0.6) is 0 Å². The van der Waals surface area contributed by atoms with Gasteiger partial charge in [0.15, 0.2) is 6.10 Å². The minimum Gasteiger partial charge on any atom is -0.449 e. The Labute approximate surface area is 177 Å². The smallest absolute Gasteiger partial charge is 0.338 e. The predicted octanol–water partition coefficient (Wildman–Crippen LogP) is 1.75. The van der Waals surface area contributed by atoms with Crippen molar-refractivity contribution in [2.75, 3.05) is 11.9 Å². The Morgan fingerprint density at radius 1 is 1.06 bits per heavy atom. The van der Waals surface area contributed by atoms with Crippen LogP contribution in [0.1, 0.15) is 48.4 Å². The maximum absolute atomic E-state index is 12.4. The van der Waals surface area contributed by atoms with Crippen LogP contribution in [-0.4, -0.2) is 47.1 Å². The molecule has 31 heavy (non-hydrogen) atoms. The molecule has 1 atom stereocenters. The van der Waals surface area contributed by atoms with Gasteiger partial charge in [0.2, 0.25) is 5.91 Å². The highest BCUT2D eigenvalue weighted by atomic mass is 16.5. The van der Waals surface area contributed by atoms with Crippen molar-refractivity contribution < 1.29 is 28.7 Å². The van der Waals surface area contributed by atoms with Crippen LogP contribution >= 0.6 is 0 Å². The number of ether oxygens (including phenoxy) is 1. The van der Waals surface area contributed by atoms with Crippen molar-refractivity contribution in [3.8, 4) is 0 Å². The number of hydrogen-bond acceptors (Lipinski definition) is 6. The number of nitrogens with zero attached hydrogens (tertiary/aromatic N) is 1. The van der Waals surface area contributed by atoms with E-state index in [2.05, 4.69) is 11.9 Å². The van der Waals surface area contributed by atoms with E-state index in [-0.39, 0.29) is 28.8 Å². The molecule has 3 rings (SSSR count). The van der Waals surface area contributed by atoms with E-state index in [4.69, 9.17) is 10.5 Å². The molecular weight excluding hydrogens is 402 g/mol. The van der Waals surface area contributed by atoms with E-state index in [9.17, 15) is 24.0 Å². The summed E-state index contributed by atoms with van der Waals surface area (Å²) in [6.45, 7) is 4.96. The molecule has 0 radical (unpaired) electrons. The highest BCUT2D eigenvalue weighted by Gasteiger charge is 2.35. The summed E-state index contributed by atoms with van der Waals surface area (Å²) < 4.78 is 5.18. The topological polar surface area (TPSA) is 136 Å². The van der Waals surface area contributed by atoms with Gasteiger partial charge in [-0.3, -0.25) is 24.1 Å². The first-order valence-corrected chi connectivity index (χ1v) is 9.25. The quantitative estimate of drug-likeness (QED) is 0.397. The van der Waals surface area contributed by atoms with Gasteiger partial charge < -0.3 is 15.8 Å². The highest BCUT2D eigenvalue weighted by Crippen LogP contribution is 2.24. The zero-order chi connectivity index (χ0) is 22.7. The van der Waals surface area contributed by atoms with Crippen LogP contribution in [0.25, 0.3) is 0 Å². The maximum Gasteiger partial charge on any atom is 0.338 e. The summed E-state index contributed by atoms with van der Waals surface area (Å²) in [5.74, 6) is -3.00. The average molecular weight is 421 g/mol. The largest absolute Gasteiger partial charge is 0.449 e. The third kappa shape index (κ3) is 4.35. The number of primary amides is 1. The summed E-state index contributed by atoms with van der Waals surface area (Å²) in [6.07, 6.45) is 0.282. The Morgan fingerprint density at radius 2 is 1.68 bits per heavy atom. The fourth-order valence-electron chi connectivity index (χ4n) is 2.96. The lowest BCUT2D eigenvalue weighted by molar-refractivity contribution is -0.123. The van der Waals surface area contributed by atoms with Gasteiger partial charge in [-0.25, -0.2) is 4.79 Å². The number of esters is 1. The van der Waals surface area contributed by atoms with Crippen LogP contribution in [0.3, 0.4) is 0 Å². The number of anilines is 1. The average Bonchev–Trinajstić information content (AvgIpc) is 2.98. The van der Waals surface area contributed by atoms with Gasteiger partial charge in [-0.05, 0) is 49.4 Å². The number of imide groups is 1. The summed E-state index contributed by atoms with van der Waals surface area (Å²) in [5, 5.41) is 2.56.